The fourth-order valence-corrected chi connectivity index (χ4v) is 3.24. The summed E-state index contributed by atoms with van der Waals surface area (Å²) in [5.74, 6) is -0.712. The predicted molar refractivity (Wildman–Crippen MR) is 103 cm³/mol. The van der Waals surface area contributed by atoms with Gasteiger partial charge in [0.05, 0.1) is 29.8 Å². The minimum Gasteiger partial charge on any atom is -0.319 e. The fourth-order valence-electron chi connectivity index (χ4n) is 3.01. The number of hydrogen-bond donors (Lipinski definition) is 1. The van der Waals surface area contributed by atoms with E-state index in [1.165, 1.54) is 22.8 Å². The Morgan fingerprint density at radius 1 is 1.32 bits per heavy atom. The number of nitrogens with one attached hydrogen (secondary N) is 1. The van der Waals surface area contributed by atoms with Crippen molar-refractivity contribution in [3.8, 4) is 0 Å². The second kappa shape index (κ2) is 7.05. The smallest absolute Gasteiger partial charge is 0.261 e. The highest BCUT2D eigenvalue weighted by molar-refractivity contribution is 6.31. The highest BCUT2D eigenvalue weighted by Gasteiger charge is 2.19. The Labute approximate surface area is 164 Å². The van der Waals surface area contributed by atoms with E-state index in [0.29, 0.717) is 34.2 Å². The molecule has 0 fully saturated rings. The van der Waals surface area contributed by atoms with Gasteiger partial charge < -0.3 is 5.32 Å². The van der Waals surface area contributed by atoms with E-state index in [1.54, 1.807) is 36.1 Å². The number of aromatic nitrogens is 5. The molecule has 28 heavy (non-hydrogen) atoms. The van der Waals surface area contributed by atoms with Crippen molar-refractivity contribution in [2.45, 2.75) is 20.4 Å². The number of nitrogens with zero attached hydrogens (tertiary/aromatic N) is 5. The van der Waals surface area contributed by atoms with E-state index >= 15 is 0 Å². The van der Waals surface area contributed by atoms with Gasteiger partial charge in [0.1, 0.15) is 11.4 Å². The topological polar surface area (TPSA) is 77.1 Å². The van der Waals surface area contributed by atoms with Crippen molar-refractivity contribution in [1.82, 2.24) is 24.4 Å². The molecule has 4 aromatic rings. The molecule has 0 bridgehead atoms. The van der Waals surface area contributed by atoms with Crippen LogP contribution in [0.3, 0.4) is 0 Å². The Morgan fingerprint density at radius 2 is 2.14 bits per heavy atom. The normalized spacial score (nSPS) is 11.1. The number of amides is 1. The van der Waals surface area contributed by atoms with Gasteiger partial charge >= 0.3 is 0 Å². The summed E-state index contributed by atoms with van der Waals surface area (Å²) in [6, 6.07) is 5.98. The molecule has 0 aliphatic carbocycles. The van der Waals surface area contributed by atoms with Gasteiger partial charge in [-0.05, 0) is 37.6 Å². The number of aryl methyl sites for hydroxylation is 1. The molecule has 9 heteroatoms. The van der Waals surface area contributed by atoms with Gasteiger partial charge in [0.25, 0.3) is 5.91 Å². The second-order valence-corrected chi connectivity index (χ2v) is 6.75. The van der Waals surface area contributed by atoms with Gasteiger partial charge in [0.2, 0.25) is 0 Å². The van der Waals surface area contributed by atoms with E-state index in [2.05, 4.69) is 20.5 Å². The first-order chi connectivity index (χ1) is 13.4. The molecule has 3 aromatic heterocycles. The van der Waals surface area contributed by atoms with E-state index in [1.807, 2.05) is 6.92 Å². The lowest BCUT2D eigenvalue weighted by molar-refractivity contribution is 0.102. The van der Waals surface area contributed by atoms with Crippen molar-refractivity contribution in [2.24, 2.45) is 0 Å². The quantitative estimate of drug-likeness (QED) is 0.569. The average molecular weight is 399 g/mol. The van der Waals surface area contributed by atoms with Gasteiger partial charge in [0.15, 0.2) is 5.65 Å². The summed E-state index contributed by atoms with van der Waals surface area (Å²) in [4.78, 5) is 16.9. The number of hydrogen-bond acceptors (Lipinski definition) is 4. The lowest BCUT2D eigenvalue weighted by atomic mass is 10.2. The zero-order valence-electron chi connectivity index (χ0n) is 15.1. The number of benzene rings is 1. The molecule has 0 saturated heterocycles. The highest BCUT2D eigenvalue weighted by atomic mass is 35.5. The summed E-state index contributed by atoms with van der Waals surface area (Å²) >= 11 is 6.12. The van der Waals surface area contributed by atoms with Crippen LogP contribution >= 0.6 is 11.6 Å². The molecule has 0 unspecified atom stereocenters. The first-order valence-corrected chi connectivity index (χ1v) is 8.89. The zero-order valence-corrected chi connectivity index (χ0v) is 15.9. The molecule has 1 aromatic carbocycles. The molecule has 1 N–H and O–H groups in total. The minimum absolute atomic E-state index is 0.320. The Balaban J connectivity index is 1.61. The summed E-state index contributed by atoms with van der Waals surface area (Å²) in [5, 5.41) is 11.8. The molecule has 3 heterocycles. The predicted octanol–water partition coefficient (Wildman–Crippen LogP) is 3.64. The third-order valence-electron chi connectivity index (χ3n) is 4.48. The van der Waals surface area contributed by atoms with Crippen molar-refractivity contribution in [2.75, 3.05) is 5.32 Å². The molecule has 1 amide bonds. The van der Waals surface area contributed by atoms with E-state index in [4.69, 9.17) is 11.6 Å². The SMILES string of the molecule is Cc1nn(Cc2ccc(F)cc2Cl)c(C)c1NC(=O)c1cnn2cccnc12. The Kier molecular flexibility index (Phi) is 4.56. The lowest BCUT2D eigenvalue weighted by Gasteiger charge is -2.08. The molecule has 0 saturated carbocycles. The van der Waals surface area contributed by atoms with Crippen LogP contribution in [0, 0.1) is 19.7 Å². The third-order valence-corrected chi connectivity index (χ3v) is 4.83. The van der Waals surface area contributed by atoms with Gasteiger partial charge in [0, 0.05) is 17.4 Å². The zero-order chi connectivity index (χ0) is 19.8. The maximum Gasteiger partial charge on any atom is 0.261 e. The van der Waals surface area contributed by atoms with Crippen LogP contribution in [0.1, 0.15) is 27.3 Å². The summed E-state index contributed by atoms with van der Waals surface area (Å²) < 4.78 is 16.5. The molecule has 7 nitrogen and oxygen atoms in total. The van der Waals surface area contributed by atoms with Gasteiger partial charge in [-0.3, -0.25) is 9.48 Å². The average Bonchev–Trinajstić information content (AvgIpc) is 3.21. The molecule has 0 radical (unpaired) electrons. The molecular weight excluding hydrogens is 383 g/mol. The molecule has 0 atom stereocenters. The minimum atomic E-state index is -0.392. The molecule has 0 aliphatic rings. The number of anilines is 1. The van der Waals surface area contributed by atoms with Crippen LogP contribution in [0.15, 0.2) is 42.9 Å². The largest absolute Gasteiger partial charge is 0.319 e. The Morgan fingerprint density at radius 3 is 2.93 bits per heavy atom. The molecular formula is C19H16ClFN6O. The molecule has 0 aliphatic heterocycles. The second-order valence-electron chi connectivity index (χ2n) is 6.34. The van der Waals surface area contributed by atoms with E-state index < -0.39 is 5.82 Å². The van der Waals surface area contributed by atoms with E-state index in [9.17, 15) is 9.18 Å². The van der Waals surface area contributed by atoms with Crippen LogP contribution in [0.2, 0.25) is 5.02 Å². The van der Waals surface area contributed by atoms with E-state index in [0.717, 1.165) is 11.3 Å². The van der Waals surface area contributed by atoms with Crippen molar-refractivity contribution >= 4 is 28.8 Å². The van der Waals surface area contributed by atoms with Crippen molar-refractivity contribution in [1.29, 1.82) is 0 Å². The number of halogens is 2. The van der Waals surface area contributed by atoms with Gasteiger partial charge in [-0.15, -0.1) is 0 Å². The Bertz CT molecular complexity index is 1200. The van der Waals surface area contributed by atoms with Crippen LogP contribution in [0.25, 0.3) is 5.65 Å². The highest BCUT2D eigenvalue weighted by Crippen LogP contribution is 2.24. The summed E-state index contributed by atoms with van der Waals surface area (Å²) in [6.07, 6.45) is 4.81. The fraction of sp³-hybridized carbons (Fsp3) is 0.158. The first kappa shape index (κ1) is 18.1. The van der Waals surface area contributed by atoms with Crippen molar-refractivity contribution < 1.29 is 9.18 Å². The van der Waals surface area contributed by atoms with Gasteiger partial charge in [-0.2, -0.15) is 10.2 Å². The van der Waals surface area contributed by atoms with Crippen LogP contribution in [0.4, 0.5) is 10.1 Å². The standard InChI is InChI=1S/C19H16ClFN6O/c1-11-17(24-19(28)15-9-23-26-7-3-6-22-18(15)26)12(2)27(25-11)10-13-4-5-14(21)8-16(13)20/h3-9H,10H2,1-2H3,(H,24,28). The van der Waals surface area contributed by atoms with Crippen LogP contribution in [-0.2, 0) is 6.54 Å². The lowest BCUT2D eigenvalue weighted by Crippen LogP contribution is -2.13. The number of fused-ring (bicyclic) bond motifs is 1. The monoisotopic (exact) mass is 398 g/mol. The van der Waals surface area contributed by atoms with Gasteiger partial charge in [-0.1, -0.05) is 17.7 Å². The summed E-state index contributed by atoms with van der Waals surface area (Å²) in [7, 11) is 0. The van der Waals surface area contributed by atoms with Gasteiger partial charge in [-0.25, -0.2) is 13.9 Å². The third kappa shape index (κ3) is 3.22. The molecule has 0 spiro atoms. The number of carbonyl (C=O) groups excluding carboxylic acids is 1. The summed E-state index contributed by atoms with van der Waals surface area (Å²) in [6.45, 7) is 4.01. The van der Waals surface area contributed by atoms with Crippen LogP contribution < -0.4 is 5.32 Å². The van der Waals surface area contributed by atoms with Crippen LogP contribution in [0.5, 0.6) is 0 Å². The van der Waals surface area contributed by atoms with Crippen molar-refractivity contribution in [3.05, 3.63) is 76.2 Å². The van der Waals surface area contributed by atoms with Crippen LogP contribution in [-0.4, -0.2) is 30.3 Å². The maximum absolute atomic E-state index is 13.3. The Hall–Kier alpha value is -3.26. The summed E-state index contributed by atoms with van der Waals surface area (Å²) in [5.41, 5.74) is 3.61. The number of rotatable bonds is 4. The number of carbonyl (C=O) groups is 1. The molecule has 4 rings (SSSR count). The first-order valence-electron chi connectivity index (χ1n) is 8.51. The van der Waals surface area contributed by atoms with E-state index in [-0.39, 0.29) is 5.91 Å². The van der Waals surface area contributed by atoms with Crippen molar-refractivity contribution in [3.63, 3.8) is 0 Å². The maximum atomic E-state index is 13.3. The molecule has 142 valence electrons.